The van der Waals surface area contributed by atoms with Crippen molar-refractivity contribution in [2.24, 2.45) is 0 Å². The lowest BCUT2D eigenvalue weighted by molar-refractivity contribution is 0.732. The summed E-state index contributed by atoms with van der Waals surface area (Å²) < 4.78 is 0. The van der Waals surface area contributed by atoms with E-state index in [-0.39, 0.29) is 5.56 Å². The molecular weight excluding hydrogens is 262 g/mol. The van der Waals surface area contributed by atoms with Crippen LogP contribution in [0.3, 0.4) is 0 Å². The molecule has 0 aliphatic carbocycles. The Hall–Kier alpha value is -2.62. The normalized spacial score (nSPS) is 14.2. The first-order valence-electron chi connectivity index (χ1n) is 7.10. The number of nitrogens with zero attached hydrogens (tertiary/aromatic N) is 2. The van der Waals surface area contributed by atoms with Crippen molar-refractivity contribution >= 4 is 16.6 Å². The smallest absolute Gasteiger partial charge is 0.258 e. The average molecular weight is 277 g/mol. The minimum Gasteiger partial charge on any atom is -0.367 e. The number of anilines is 1. The van der Waals surface area contributed by atoms with Crippen LogP contribution in [0.2, 0.25) is 0 Å². The molecule has 4 nitrogen and oxygen atoms in total. The van der Waals surface area contributed by atoms with Gasteiger partial charge in [0.1, 0.15) is 0 Å². The van der Waals surface area contributed by atoms with Gasteiger partial charge in [0.05, 0.1) is 17.2 Å². The van der Waals surface area contributed by atoms with Gasteiger partial charge in [-0.25, -0.2) is 4.98 Å². The van der Waals surface area contributed by atoms with Gasteiger partial charge in [-0.3, -0.25) is 4.79 Å². The first kappa shape index (κ1) is 12.1. The summed E-state index contributed by atoms with van der Waals surface area (Å²) in [6.07, 6.45) is 2.49. The van der Waals surface area contributed by atoms with E-state index in [2.05, 4.69) is 39.1 Å². The zero-order valence-corrected chi connectivity index (χ0v) is 11.5. The summed E-state index contributed by atoms with van der Waals surface area (Å²) >= 11 is 0. The van der Waals surface area contributed by atoms with Gasteiger partial charge in [0.15, 0.2) is 0 Å². The number of benzene rings is 2. The van der Waals surface area contributed by atoms with Crippen molar-refractivity contribution in [1.82, 2.24) is 9.97 Å². The number of rotatable bonds is 1. The van der Waals surface area contributed by atoms with Crippen LogP contribution in [-0.4, -0.2) is 16.5 Å². The van der Waals surface area contributed by atoms with Crippen LogP contribution in [0.5, 0.6) is 0 Å². The van der Waals surface area contributed by atoms with E-state index in [4.69, 9.17) is 0 Å². The molecule has 1 aromatic heterocycles. The Bertz CT molecular complexity index is 869. The second-order valence-corrected chi connectivity index (χ2v) is 5.37. The number of H-pyrrole nitrogens is 1. The number of fused-ring (bicyclic) bond motifs is 2. The quantitative estimate of drug-likeness (QED) is 0.743. The van der Waals surface area contributed by atoms with Crippen LogP contribution in [0.4, 0.5) is 5.69 Å². The zero-order valence-electron chi connectivity index (χ0n) is 11.5. The van der Waals surface area contributed by atoms with Crippen LogP contribution in [0.15, 0.2) is 53.6 Å². The van der Waals surface area contributed by atoms with Gasteiger partial charge < -0.3 is 9.88 Å². The number of aromatic amines is 1. The third kappa shape index (κ3) is 2.09. The van der Waals surface area contributed by atoms with E-state index < -0.39 is 0 Å². The highest BCUT2D eigenvalue weighted by molar-refractivity contribution is 5.81. The molecule has 4 heteroatoms. The topological polar surface area (TPSA) is 49.0 Å². The molecule has 1 aliphatic heterocycles. The molecule has 0 bridgehead atoms. The summed E-state index contributed by atoms with van der Waals surface area (Å²) in [5.41, 5.74) is 4.52. The lowest BCUT2D eigenvalue weighted by atomic mass is 9.99. The lowest BCUT2D eigenvalue weighted by Gasteiger charge is -2.30. The summed E-state index contributed by atoms with van der Waals surface area (Å²) in [5.74, 6) is 0. The summed E-state index contributed by atoms with van der Waals surface area (Å²) in [4.78, 5) is 21.0. The molecule has 0 unspecified atom stereocenters. The first-order chi connectivity index (χ1) is 10.3. The van der Waals surface area contributed by atoms with Gasteiger partial charge in [-0.05, 0) is 35.7 Å². The van der Waals surface area contributed by atoms with Crippen LogP contribution in [0, 0.1) is 0 Å². The van der Waals surface area contributed by atoms with Gasteiger partial charge in [0, 0.05) is 18.8 Å². The molecule has 0 fully saturated rings. The minimum absolute atomic E-state index is 0.0840. The Balaban J connectivity index is 1.75. The SMILES string of the molecule is O=c1[nH]cnc2ccc(N3CCc4ccccc4C3)cc12. The monoisotopic (exact) mass is 277 g/mol. The van der Waals surface area contributed by atoms with E-state index in [0.29, 0.717) is 5.39 Å². The fourth-order valence-corrected chi connectivity index (χ4v) is 2.97. The average Bonchev–Trinajstić information content (AvgIpc) is 2.54. The van der Waals surface area contributed by atoms with Crippen molar-refractivity contribution in [3.05, 3.63) is 70.3 Å². The molecule has 2 heterocycles. The van der Waals surface area contributed by atoms with Crippen LogP contribution in [0.25, 0.3) is 10.9 Å². The molecule has 3 aromatic rings. The van der Waals surface area contributed by atoms with Gasteiger partial charge in [-0.1, -0.05) is 24.3 Å². The Morgan fingerprint density at radius 3 is 2.86 bits per heavy atom. The highest BCUT2D eigenvalue weighted by atomic mass is 16.1. The van der Waals surface area contributed by atoms with Gasteiger partial charge in [-0.15, -0.1) is 0 Å². The van der Waals surface area contributed by atoms with Crippen molar-refractivity contribution in [2.75, 3.05) is 11.4 Å². The molecule has 0 spiro atoms. The van der Waals surface area contributed by atoms with E-state index in [0.717, 1.165) is 30.7 Å². The summed E-state index contributed by atoms with van der Waals surface area (Å²) in [6.45, 7) is 1.86. The molecule has 1 aliphatic rings. The van der Waals surface area contributed by atoms with Crippen LogP contribution >= 0.6 is 0 Å². The molecule has 0 radical (unpaired) electrons. The standard InChI is InChI=1S/C17H15N3O/c21-17-15-9-14(5-6-16(15)18-11-19-17)20-8-7-12-3-1-2-4-13(12)10-20/h1-6,9,11H,7-8,10H2,(H,18,19,21). The molecule has 21 heavy (non-hydrogen) atoms. The van der Waals surface area contributed by atoms with Gasteiger partial charge in [0.25, 0.3) is 5.56 Å². The number of hydrogen-bond acceptors (Lipinski definition) is 3. The lowest BCUT2D eigenvalue weighted by Crippen LogP contribution is -2.30. The van der Waals surface area contributed by atoms with Gasteiger partial charge in [-0.2, -0.15) is 0 Å². The first-order valence-corrected chi connectivity index (χ1v) is 7.10. The Morgan fingerprint density at radius 2 is 1.95 bits per heavy atom. The number of hydrogen-bond donors (Lipinski definition) is 1. The number of nitrogens with one attached hydrogen (secondary N) is 1. The Kier molecular flexibility index (Phi) is 2.74. The van der Waals surface area contributed by atoms with Crippen LogP contribution in [-0.2, 0) is 13.0 Å². The third-order valence-corrected chi connectivity index (χ3v) is 4.12. The number of aromatic nitrogens is 2. The van der Waals surface area contributed by atoms with Crippen molar-refractivity contribution in [1.29, 1.82) is 0 Å². The molecule has 1 N–H and O–H groups in total. The highest BCUT2D eigenvalue weighted by Crippen LogP contribution is 2.25. The predicted molar refractivity (Wildman–Crippen MR) is 83.6 cm³/mol. The minimum atomic E-state index is -0.0840. The Morgan fingerprint density at radius 1 is 1.10 bits per heavy atom. The van der Waals surface area contributed by atoms with Crippen LogP contribution < -0.4 is 10.5 Å². The highest BCUT2D eigenvalue weighted by Gasteiger charge is 2.16. The summed E-state index contributed by atoms with van der Waals surface area (Å²) in [7, 11) is 0. The van der Waals surface area contributed by atoms with Crippen molar-refractivity contribution < 1.29 is 0 Å². The fraction of sp³-hybridized carbons (Fsp3) is 0.176. The van der Waals surface area contributed by atoms with E-state index in [1.807, 2.05) is 18.2 Å². The molecule has 4 rings (SSSR count). The molecule has 2 aromatic carbocycles. The van der Waals surface area contributed by atoms with Crippen molar-refractivity contribution in [3.63, 3.8) is 0 Å². The van der Waals surface area contributed by atoms with Gasteiger partial charge >= 0.3 is 0 Å². The van der Waals surface area contributed by atoms with E-state index in [9.17, 15) is 4.79 Å². The predicted octanol–water partition coefficient (Wildman–Crippen LogP) is 2.49. The van der Waals surface area contributed by atoms with E-state index in [1.165, 1.54) is 17.5 Å². The third-order valence-electron chi connectivity index (χ3n) is 4.12. The molecule has 104 valence electrons. The maximum Gasteiger partial charge on any atom is 0.258 e. The summed E-state index contributed by atoms with van der Waals surface area (Å²) in [5, 5.41) is 0.647. The molecular formula is C17H15N3O. The van der Waals surface area contributed by atoms with E-state index in [1.54, 1.807) is 0 Å². The fourth-order valence-electron chi connectivity index (χ4n) is 2.97. The van der Waals surface area contributed by atoms with Crippen molar-refractivity contribution in [3.8, 4) is 0 Å². The maximum atomic E-state index is 11.9. The Labute approximate surface area is 122 Å². The van der Waals surface area contributed by atoms with Crippen molar-refractivity contribution in [2.45, 2.75) is 13.0 Å². The van der Waals surface area contributed by atoms with E-state index >= 15 is 0 Å². The molecule has 0 saturated heterocycles. The largest absolute Gasteiger partial charge is 0.367 e. The zero-order chi connectivity index (χ0) is 14.2. The van der Waals surface area contributed by atoms with Crippen LogP contribution in [0.1, 0.15) is 11.1 Å². The summed E-state index contributed by atoms with van der Waals surface area (Å²) in [6, 6.07) is 14.4. The molecule has 0 atom stereocenters. The molecule has 0 amide bonds. The molecule has 0 saturated carbocycles. The maximum absolute atomic E-state index is 11.9. The second kappa shape index (κ2) is 4.74. The van der Waals surface area contributed by atoms with Gasteiger partial charge in [0.2, 0.25) is 0 Å². The second-order valence-electron chi connectivity index (χ2n) is 5.37.